The SMILES string of the molecule is CCOc1ccc(N2CC(SC(C)=O)CC2=O)c([N+](=O)[O-])c1. The normalized spacial score (nSPS) is 17.6. The van der Waals surface area contributed by atoms with Crippen molar-refractivity contribution in [3.05, 3.63) is 28.3 Å². The molecule has 0 bridgehead atoms. The predicted octanol–water partition coefficient (Wildman–Crippen LogP) is 2.38. The second-order valence-electron chi connectivity index (χ2n) is 4.78. The van der Waals surface area contributed by atoms with E-state index in [2.05, 4.69) is 0 Å². The number of carbonyl (C=O) groups excluding carboxylic acids is 2. The molecule has 1 saturated heterocycles. The van der Waals surface area contributed by atoms with Gasteiger partial charge >= 0.3 is 0 Å². The lowest BCUT2D eigenvalue weighted by Gasteiger charge is -2.17. The van der Waals surface area contributed by atoms with Crippen LogP contribution in [0.2, 0.25) is 0 Å². The summed E-state index contributed by atoms with van der Waals surface area (Å²) in [6.07, 6.45) is 0.203. The summed E-state index contributed by atoms with van der Waals surface area (Å²) in [5.41, 5.74) is 0.0675. The van der Waals surface area contributed by atoms with Crippen molar-refractivity contribution in [1.29, 1.82) is 0 Å². The number of nitro benzene ring substituents is 1. The molecule has 1 fully saturated rings. The standard InChI is InChI=1S/C14H16N2O5S/c1-3-21-10-4-5-12(13(6-10)16(19)20)15-8-11(7-14(15)18)22-9(2)17/h4-6,11H,3,7-8H2,1-2H3. The molecule has 0 N–H and O–H groups in total. The number of benzene rings is 1. The first-order valence-corrected chi connectivity index (χ1v) is 7.69. The lowest BCUT2D eigenvalue weighted by Crippen LogP contribution is -2.25. The van der Waals surface area contributed by atoms with Gasteiger partial charge in [-0.3, -0.25) is 19.7 Å². The van der Waals surface area contributed by atoms with Gasteiger partial charge in [0.2, 0.25) is 5.91 Å². The van der Waals surface area contributed by atoms with Crippen LogP contribution in [0.25, 0.3) is 0 Å². The number of nitro groups is 1. The van der Waals surface area contributed by atoms with Crippen LogP contribution in [0.4, 0.5) is 11.4 Å². The van der Waals surface area contributed by atoms with Gasteiger partial charge in [-0.25, -0.2) is 0 Å². The molecular weight excluding hydrogens is 308 g/mol. The van der Waals surface area contributed by atoms with Crippen molar-refractivity contribution in [2.45, 2.75) is 25.5 Å². The van der Waals surface area contributed by atoms with E-state index < -0.39 is 4.92 Å². The van der Waals surface area contributed by atoms with Gasteiger partial charge in [0.15, 0.2) is 5.12 Å². The van der Waals surface area contributed by atoms with E-state index in [9.17, 15) is 19.7 Å². The minimum atomic E-state index is -0.531. The van der Waals surface area contributed by atoms with E-state index in [0.717, 1.165) is 11.8 Å². The average molecular weight is 324 g/mol. The van der Waals surface area contributed by atoms with Gasteiger partial charge in [-0.05, 0) is 19.1 Å². The Morgan fingerprint density at radius 3 is 2.86 bits per heavy atom. The highest BCUT2D eigenvalue weighted by Gasteiger charge is 2.35. The van der Waals surface area contributed by atoms with Crippen molar-refractivity contribution < 1.29 is 19.2 Å². The van der Waals surface area contributed by atoms with Crippen LogP contribution in [0, 0.1) is 10.1 Å². The number of rotatable bonds is 5. The van der Waals surface area contributed by atoms with Crippen LogP contribution >= 0.6 is 11.8 Å². The second kappa shape index (κ2) is 6.78. The van der Waals surface area contributed by atoms with E-state index in [-0.39, 0.29) is 40.6 Å². The zero-order valence-corrected chi connectivity index (χ0v) is 13.1. The van der Waals surface area contributed by atoms with Crippen molar-refractivity contribution in [2.24, 2.45) is 0 Å². The quantitative estimate of drug-likeness (QED) is 0.610. The van der Waals surface area contributed by atoms with Gasteiger partial charge in [-0.15, -0.1) is 0 Å². The molecule has 1 atom stereocenters. The van der Waals surface area contributed by atoms with Crippen LogP contribution in [-0.4, -0.2) is 34.3 Å². The van der Waals surface area contributed by atoms with E-state index in [1.807, 2.05) is 0 Å². The molecule has 1 unspecified atom stereocenters. The molecule has 1 heterocycles. The Bertz CT molecular complexity index is 619. The molecule has 0 saturated carbocycles. The maximum atomic E-state index is 12.1. The van der Waals surface area contributed by atoms with Crippen LogP contribution in [0.5, 0.6) is 5.75 Å². The minimum Gasteiger partial charge on any atom is -0.494 e. The van der Waals surface area contributed by atoms with Crippen LogP contribution in [0.15, 0.2) is 18.2 Å². The van der Waals surface area contributed by atoms with E-state index in [0.29, 0.717) is 12.4 Å². The largest absolute Gasteiger partial charge is 0.494 e. The first kappa shape index (κ1) is 16.3. The highest BCUT2D eigenvalue weighted by molar-refractivity contribution is 8.14. The molecule has 1 aromatic carbocycles. The number of amides is 1. The summed E-state index contributed by atoms with van der Waals surface area (Å²) in [7, 11) is 0. The summed E-state index contributed by atoms with van der Waals surface area (Å²) >= 11 is 1.09. The fourth-order valence-electron chi connectivity index (χ4n) is 2.36. The fraction of sp³-hybridized carbons (Fsp3) is 0.429. The van der Waals surface area contributed by atoms with Gasteiger partial charge < -0.3 is 9.64 Å². The first-order chi connectivity index (χ1) is 10.4. The maximum Gasteiger partial charge on any atom is 0.296 e. The number of nitrogens with zero attached hydrogens (tertiary/aromatic N) is 2. The number of hydrogen-bond donors (Lipinski definition) is 0. The number of carbonyl (C=O) groups is 2. The Labute approximate surface area is 131 Å². The van der Waals surface area contributed by atoms with Crippen molar-refractivity contribution in [3.8, 4) is 5.75 Å². The Morgan fingerprint density at radius 1 is 1.55 bits per heavy atom. The van der Waals surface area contributed by atoms with E-state index >= 15 is 0 Å². The van der Waals surface area contributed by atoms with Crippen LogP contribution in [-0.2, 0) is 9.59 Å². The molecule has 1 amide bonds. The Morgan fingerprint density at radius 2 is 2.27 bits per heavy atom. The third kappa shape index (κ3) is 3.56. The number of thioether (sulfide) groups is 1. The average Bonchev–Trinajstić information content (AvgIpc) is 2.78. The summed E-state index contributed by atoms with van der Waals surface area (Å²) in [5.74, 6) is 0.172. The van der Waals surface area contributed by atoms with Gasteiger partial charge in [0.1, 0.15) is 11.4 Å². The second-order valence-corrected chi connectivity index (χ2v) is 6.26. The monoisotopic (exact) mass is 324 g/mol. The lowest BCUT2D eigenvalue weighted by molar-refractivity contribution is -0.384. The lowest BCUT2D eigenvalue weighted by atomic mass is 10.2. The van der Waals surface area contributed by atoms with Gasteiger partial charge in [-0.2, -0.15) is 0 Å². The van der Waals surface area contributed by atoms with Crippen molar-refractivity contribution in [2.75, 3.05) is 18.1 Å². The summed E-state index contributed by atoms with van der Waals surface area (Å²) in [6.45, 7) is 3.92. The van der Waals surface area contributed by atoms with Crippen LogP contribution in [0.3, 0.4) is 0 Å². The van der Waals surface area contributed by atoms with E-state index in [1.165, 1.54) is 24.0 Å². The van der Waals surface area contributed by atoms with E-state index in [4.69, 9.17) is 4.74 Å². The van der Waals surface area contributed by atoms with Crippen molar-refractivity contribution in [1.82, 2.24) is 0 Å². The van der Waals surface area contributed by atoms with Crippen LogP contribution < -0.4 is 9.64 Å². The van der Waals surface area contributed by atoms with Crippen molar-refractivity contribution >= 4 is 34.2 Å². The zero-order chi connectivity index (χ0) is 16.3. The van der Waals surface area contributed by atoms with Gasteiger partial charge in [0.05, 0.1) is 17.6 Å². The third-order valence-corrected chi connectivity index (χ3v) is 4.15. The molecular formula is C14H16N2O5S. The maximum absolute atomic E-state index is 12.1. The molecule has 0 spiro atoms. The summed E-state index contributed by atoms with van der Waals surface area (Å²) in [4.78, 5) is 35.3. The molecule has 2 rings (SSSR count). The molecule has 7 nitrogen and oxygen atoms in total. The van der Waals surface area contributed by atoms with E-state index in [1.54, 1.807) is 13.0 Å². The number of anilines is 1. The highest BCUT2D eigenvalue weighted by Crippen LogP contribution is 2.36. The first-order valence-electron chi connectivity index (χ1n) is 6.81. The molecule has 1 aliphatic rings. The topological polar surface area (TPSA) is 89.8 Å². The molecule has 8 heteroatoms. The van der Waals surface area contributed by atoms with Gasteiger partial charge in [-0.1, -0.05) is 11.8 Å². The van der Waals surface area contributed by atoms with Crippen molar-refractivity contribution in [3.63, 3.8) is 0 Å². The number of ether oxygens (including phenoxy) is 1. The minimum absolute atomic E-state index is 0.0687. The van der Waals surface area contributed by atoms with Gasteiger partial charge in [0.25, 0.3) is 5.69 Å². The predicted molar refractivity (Wildman–Crippen MR) is 83.3 cm³/mol. The Kier molecular flexibility index (Phi) is 5.02. The molecule has 1 aliphatic heterocycles. The molecule has 118 valence electrons. The third-order valence-electron chi connectivity index (χ3n) is 3.17. The molecule has 0 radical (unpaired) electrons. The summed E-state index contributed by atoms with van der Waals surface area (Å²) < 4.78 is 5.26. The molecule has 22 heavy (non-hydrogen) atoms. The molecule has 0 aromatic heterocycles. The fourth-order valence-corrected chi connectivity index (χ4v) is 3.27. The Balaban J connectivity index is 2.29. The van der Waals surface area contributed by atoms with Crippen LogP contribution in [0.1, 0.15) is 20.3 Å². The summed E-state index contributed by atoms with van der Waals surface area (Å²) in [6, 6.07) is 4.43. The zero-order valence-electron chi connectivity index (χ0n) is 12.3. The highest BCUT2D eigenvalue weighted by atomic mass is 32.2. The summed E-state index contributed by atoms with van der Waals surface area (Å²) in [5, 5.41) is 11.0. The van der Waals surface area contributed by atoms with Gasteiger partial charge in [0, 0.05) is 25.1 Å². The molecule has 1 aromatic rings. The smallest absolute Gasteiger partial charge is 0.296 e. The Hall–Kier alpha value is -2.09. The molecule has 0 aliphatic carbocycles. The number of hydrogen-bond acceptors (Lipinski definition) is 6.